The van der Waals surface area contributed by atoms with Crippen LogP contribution in [0, 0.1) is 5.82 Å². The van der Waals surface area contributed by atoms with Gasteiger partial charge in [0.2, 0.25) is 0 Å². The molecule has 2 N–H and O–H groups in total. The third-order valence-corrected chi connectivity index (χ3v) is 9.63. The molecular formula is C33H30ClFN4O5S. The predicted molar refractivity (Wildman–Crippen MR) is 171 cm³/mol. The van der Waals surface area contributed by atoms with E-state index >= 15 is 0 Å². The van der Waals surface area contributed by atoms with Crippen molar-refractivity contribution in [1.29, 1.82) is 0 Å². The maximum atomic E-state index is 14.7. The Balaban J connectivity index is 1.34. The molecule has 1 aromatic heterocycles. The molecule has 3 aromatic carbocycles. The number of ether oxygens (including phenoxy) is 1. The van der Waals surface area contributed by atoms with Gasteiger partial charge in [-0.3, -0.25) is 9.59 Å². The number of nitrogens with zero attached hydrogens (tertiary/aromatic N) is 3. The summed E-state index contributed by atoms with van der Waals surface area (Å²) in [4.78, 5) is 47.8. The summed E-state index contributed by atoms with van der Waals surface area (Å²) in [5.74, 6) is -2.53. The molecule has 2 amide bonds. The van der Waals surface area contributed by atoms with Gasteiger partial charge in [0.25, 0.3) is 11.8 Å². The van der Waals surface area contributed by atoms with Crippen molar-refractivity contribution in [2.75, 3.05) is 37.0 Å². The van der Waals surface area contributed by atoms with Crippen LogP contribution in [0.25, 0.3) is 10.6 Å². The number of amides is 2. The summed E-state index contributed by atoms with van der Waals surface area (Å²) in [6.45, 7) is 1.90. The SMILES string of the molecule is COC1CCN(c2cccc3c2CCN(C(=O)c2cnc(-c4cccc(Cl)c4F)s2)C3C(=O)Nc2ccc(C(=O)O)cc2)CC1. The third kappa shape index (κ3) is 6.15. The van der Waals surface area contributed by atoms with E-state index in [1.54, 1.807) is 19.2 Å². The number of hydrogen-bond donors (Lipinski definition) is 2. The Hall–Kier alpha value is -4.32. The van der Waals surface area contributed by atoms with Crippen LogP contribution in [0.3, 0.4) is 0 Å². The van der Waals surface area contributed by atoms with Crippen molar-refractivity contribution in [2.45, 2.75) is 31.4 Å². The number of benzene rings is 3. The monoisotopic (exact) mass is 648 g/mol. The van der Waals surface area contributed by atoms with Crippen LogP contribution in [0.4, 0.5) is 15.8 Å². The first-order valence-corrected chi connectivity index (χ1v) is 15.7. The van der Waals surface area contributed by atoms with Gasteiger partial charge in [-0.15, -0.1) is 11.3 Å². The lowest BCUT2D eigenvalue weighted by Crippen LogP contribution is -2.46. The lowest BCUT2D eigenvalue weighted by molar-refractivity contribution is -0.121. The number of carbonyl (C=O) groups excluding carboxylic acids is 2. The third-order valence-electron chi connectivity index (χ3n) is 8.32. The van der Waals surface area contributed by atoms with Gasteiger partial charge in [0, 0.05) is 43.7 Å². The number of hydrogen-bond acceptors (Lipinski definition) is 7. The first-order valence-electron chi connectivity index (χ1n) is 14.5. The van der Waals surface area contributed by atoms with Gasteiger partial charge in [0.15, 0.2) is 5.82 Å². The molecule has 1 saturated heterocycles. The number of anilines is 2. The summed E-state index contributed by atoms with van der Waals surface area (Å²) < 4.78 is 20.3. The van der Waals surface area contributed by atoms with E-state index in [1.807, 2.05) is 12.1 Å². The smallest absolute Gasteiger partial charge is 0.335 e. The van der Waals surface area contributed by atoms with Crippen LogP contribution in [-0.2, 0) is 16.0 Å². The van der Waals surface area contributed by atoms with E-state index in [0.29, 0.717) is 22.7 Å². The van der Waals surface area contributed by atoms with Crippen molar-refractivity contribution in [3.63, 3.8) is 0 Å². The largest absolute Gasteiger partial charge is 0.478 e. The molecule has 12 heteroatoms. The van der Waals surface area contributed by atoms with E-state index in [0.717, 1.165) is 48.5 Å². The van der Waals surface area contributed by atoms with Gasteiger partial charge >= 0.3 is 5.97 Å². The highest BCUT2D eigenvalue weighted by molar-refractivity contribution is 7.16. The minimum Gasteiger partial charge on any atom is -0.478 e. The normalized spacial score (nSPS) is 16.7. The van der Waals surface area contributed by atoms with Crippen molar-refractivity contribution < 1.29 is 28.6 Å². The number of carboxylic acid groups (broad SMARTS) is 1. The van der Waals surface area contributed by atoms with E-state index in [-0.39, 0.29) is 33.7 Å². The Labute approximate surface area is 268 Å². The first-order chi connectivity index (χ1) is 21.7. The average Bonchev–Trinajstić information content (AvgIpc) is 3.55. The van der Waals surface area contributed by atoms with Gasteiger partial charge in [-0.25, -0.2) is 14.2 Å². The number of halogens is 2. The van der Waals surface area contributed by atoms with Crippen LogP contribution in [0.15, 0.2) is 66.9 Å². The topological polar surface area (TPSA) is 112 Å². The molecule has 1 unspecified atom stereocenters. The fourth-order valence-corrected chi connectivity index (χ4v) is 7.06. The standard InChI is InChI=1S/C33H30ClFN4O5S/c1-44-21-12-15-38(16-13-21)26-7-3-4-23-22(26)14-17-39(29(23)30(40)37-20-10-8-19(9-11-20)33(42)43)32(41)27-18-36-31(45-27)24-5-2-6-25(34)28(24)35/h2-11,18,21,29H,12-17H2,1H3,(H,37,40)(H,42,43). The Bertz CT molecular complexity index is 1760. The second kappa shape index (κ2) is 13.0. The van der Waals surface area contributed by atoms with Gasteiger partial charge in [-0.2, -0.15) is 0 Å². The summed E-state index contributed by atoms with van der Waals surface area (Å²) in [5, 5.41) is 12.4. The summed E-state index contributed by atoms with van der Waals surface area (Å²) in [6.07, 6.45) is 3.93. The molecule has 0 spiro atoms. The van der Waals surface area contributed by atoms with E-state index in [2.05, 4.69) is 21.3 Å². The number of nitrogens with one attached hydrogen (secondary N) is 1. The molecule has 6 rings (SSSR count). The molecule has 2 aliphatic heterocycles. The number of carboxylic acids is 1. The number of aromatic nitrogens is 1. The number of carbonyl (C=O) groups is 3. The molecule has 9 nitrogen and oxygen atoms in total. The molecule has 45 heavy (non-hydrogen) atoms. The zero-order valence-electron chi connectivity index (χ0n) is 24.3. The van der Waals surface area contributed by atoms with E-state index in [4.69, 9.17) is 16.3 Å². The number of piperidine rings is 1. The van der Waals surface area contributed by atoms with Crippen molar-refractivity contribution in [3.8, 4) is 10.6 Å². The number of fused-ring (bicyclic) bond motifs is 1. The predicted octanol–water partition coefficient (Wildman–Crippen LogP) is 6.29. The molecule has 232 valence electrons. The number of methoxy groups -OCH3 is 1. The van der Waals surface area contributed by atoms with Crippen LogP contribution < -0.4 is 10.2 Å². The molecule has 0 aliphatic carbocycles. The Kier molecular flexibility index (Phi) is 8.84. The lowest BCUT2D eigenvalue weighted by Gasteiger charge is -2.40. The Morgan fingerprint density at radius 1 is 1.04 bits per heavy atom. The molecule has 2 aliphatic rings. The molecule has 3 heterocycles. The van der Waals surface area contributed by atoms with Crippen LogP contribution in [-0.4, -0.2) is 65.6 Å². The minimum absolute atomic E-state index is 0.0430. The van der Waals surface area contributed by atoms with Crippen molar-refractivity contribution >= 4 is 52.1 Å². The molecule has 0 saturated carbocycles. The zero-order chi connectivity index (χ0) is 31.7. The molecule has 1 fully saturated rings. The second-order valence-electron chi connectivity index (χ2n) is 10.9. The van der Waals surface area contributed by atoms with Gasteiger partial charge in [0.05, 0.1) is 22.9 Å². The van der Waals surface area contributed by atoms with E-state index < -0.39 is 29.6 Å². The van der Waals surface area contributed by atoms with Crippen LogP contribution in [0.1, 0.15) is 50.0 Å². The van der Waals surface area contributed by atoms with E-state index in [9.17, 15) is 23.9 Å². The van der Waals surface area contributed by atoms with Crippen LogP contribution in [0.2, 0.25) is 5.02 Å². The molecule has 0 radical (unpaired) electrons. The first kappa shape index (κ1) is 30.7. The van der Waals surface area contributed by atoms with Crippen LogP contribution >= 0.6 is 22.9 Å². The second-order valence-corrected chi connectivity index (χ2v) is 12.4. The Morgan fingerprint density at radius 3 is 2.49 bits per heavy atom. The van der Waals surface area contributed by atoms with Crippen molar-refractivity contribution in [3.05, 3.63) is 99.3 Å². The highest BCUT2D eigenvalue weighted by Crippen LogP contribution is 2.39. The number of rotatable bonds is 7. The summed E-state index contributed by atoms with van der Waals surface area (Å²) in [5.41, 5.74) is 3.44. The molecular weight excluding hydrogens is 619 g/mol. The van der Waals surface area contributed by atoms with Gasteiger partial charge in [-0.05, 0) is 72.9 Å². The Morgan fingerprint density at radius 2 is 1.78 bits per heavy atom. The average molecular weight is 649 g/mol. The highest BCUT2D eigenvalue weighted by Gasteiger charge is 2.39. The fraction of sp³-hybridized carbons (Fsp3) is 0.273. The molecule has 4 aromatic rings. The summed E-state index contributed by atoms with van der Waals surface area (Å²) in [7, 11) is 1.73. The lowest BCUT2D eigenvalue weighted by atomic mass is 9.89. The molecule has 1 atom stereocenters. The zero-order valence-corrected chi connectivity index (χ0v) is 25.9. The van der Waals surface area contributed by atoms with Crippen molar-refractivity contribution in [2.24, 2.45) is 0 Å². The number of thiazole rings is 1. The van der Waals surface area contributed by atoms with Gasteiger partial charge in [-0.1, -0.05) is 29.8 Å². The van der Waals surface area contributed by atoms with Crippen LogP contribution in [0.5, 0.6) is 0 Å². The fourth-order valence-electron chi connectivity index (χ4n) is 5.99. The highest BCUT2D eigenvalue weighted by atomic mass is 35.5. The summed E-state index contributed by atoms with van der Waals surface area (Å²) in [6, 6.07) is 15.3. The molecule has 0 bridgehead atoms. The van der Waals surface area contributed by atoms with Crippen molar-refractivity contribution in [1.82, 2.24) is 9.88 Å². The quantitative estimate of drug-likeness (QED) is 0.242. The maximum Gasteiger partial charge on any atom is 0.335 e. The number of aromatic carboxylic acids is 1. The summed E-state index contributed by atoms with van der Waals surface area (Å²) >= 11 is 7.01. The van der Waals surface area contributed by atoms with Gasteiger partial charge < -0.3 is 25.0 Å². The maximum absolute atomic E-state index is 14.7. The van der Waals surface area contributed by atoms with Gasteiger partial charge in [0.1, 0.15) is 15.9 Å². The van der Waals surface area contributed by atoms with E-state index in [1.165, 1.54) is 41.4 Å². The minimum atomic E-state index is -1.07.